The molecule has 0 atom stereocenters. The monoisotopic (exact) mass is 387 g/mol. The van der Waals surface area contributed by atoms with Gasteiger partial charge in [-0.25, -0.2) is 12.7 Å². The van der Waals surface area contributed by atoms with Gasteiger partial charge in [-0.3, -0.25) is 0 Å². The van der Waals surface area contributed by atoms with Gasteiger partial charge in [-0.05, 0) is 48.9 Å². The third kappa shape index (κ3) is 3.62. The molecule has 4 nitrogen and oxygen atoms in total. The molecule has 1 heterocycles. The van der Waals surface area contributed by atoms with Crippen molar-refractivity contribution in [2.24, 2.45) is 5.41 Å². The molecule has 0 N–H and O–H groups in total. The van der Waals surface area contributed by atoms with Gasteiger partial charge in [0.25, 0.3) is 10.0 Å². The molecule has 6 heteroatoms. The smallest absolute Gasteiger partial charge is 0.270 e. The van der Waals surface area contributed by atoms with E-state index in [9.17, 15) is 12.8 Å². The first-order valence-electron chi connectivity index (χ1n) is 8.52. The maximum Gasteiger partial charge on any atom is 0.270 e. The second kappa shape index (κ2) is 6.85. The Balaban J connectivity index is 2.09. The van der Waals surface area contributed by atoms with Gasteiger partial charge in [-0.15, -0.1) is 0 Å². The lowest BCUT2D eigenvalue weighted by atomic mass is 9.90. The molecular weight excluding hydrogens is 365 g/mol. The Bertz CT molecular complexity index is 1000. The second-order valence-electron chi connectivity index (χ2n) is 7.07. The van der Waals surface area contributed by atoms with Crippen molar-refractivity contribution >= 4 is 16.1 Å². The molecule has 0 aliphatic carbocycles. The van der Waals surface area contributed by atoms with Gasteiger partial charge >= 0.3 is 0 Å². The van der Waals surface area contributed by atoms with E-state index in [1.54, 1.807) is 63.4 Å². The van der Waals surface area contributed by atoms with Crippen LogP contribution in [0.1, 0.15) is 25.0 Å². The fraction of sp³-hybridized carbons (Fsp3) is 0.238. The highest BCUT2D eigenvalue weighted by Crippen LogP contribution is 2.45. The largest absolute Gasteiger partial charge is 0.497 e. The molecule has 142 valence electrons. The second-order valence-corrected chi connectivity index (χ2v) is 8.86. The van der Waals surface area contributed by atoms with Crippen molar-refractivity contribution in [1.82, 2.24) is 4.31 Å². The zero-order valence-electron chi connectivity index (χ0n) is 15.7. The normalized spacial score (nSPS) is 17.9. The van der Waals surface area contributed by atoms with Crippen LogP contribution in [-0.4, -0.2) is 19.8 Å². The van der Waals surface area contributed by atoms with Crippen LogP contribution in [0.5, 0.6) is 5.75 Å². The van der Waals surface area contributed by atoms with Crippen molar-refractivity contribution < 1.29 is 17.5 Å². The Hall–Kier alpha value is -2.60. The molecule has 1 aliphatic heterocycles. The number of methoxy groups -OCH3 is 1. The lowest BCUT2D eigenvalue weighted by molar-refractivity contribution is 0.414. The van der Waals surface area contributed by atoms with E-state index in [2.05, 4.69) is 0 Å². The number of nitrogens with zero attached hydrogens (tertiary/aromatic N) is 1. The first kappa shape index (κ1) is 19.2. The van der Waals surface area contributed by atoms with Crippen molar-refractivity contribution in [2.45, 2.75) is 25.7 Å². The summed E-state index contributed by atoms with van der Waals surface area (Å²) in [6.07, 6.45) is 3.02. The minimum Gasteiger partial charge on any atom is -0.497 e. The Morgan fingerprint density at radius 2 is 1.63 bits per heavy atom. The van der Waals surface area contributed by atoms with Gasteiger partial charge in [0, 0.05) is 11.1 Å². The Kier molecular flexibility index (Phi) is 4.86. The Morgan fingerprint density at radius 3 is 2.19 bits per heavy atom. The van der Waals surface area contributed by atoms with Crippen molar-refractivity contribution in [3.8, 4) is 5.75 Å². The molecule has 0 unspecified atom stereocenters. The van der Waals surface area contributed by atoms with Gasteiger partial charge in [0.1, 0.15) is 5.75 Å². The van der Waals surface area contributed by atoms with E-state index in [0.717, 1.165) is 15.4 Å². The Labute approximate surface area is 159 Å². The molecule has 0 spiro atoms. The predicted octanol–water partition coefficient (Wildman–Crippen LogP) is 4.89. The molecule has 0 saturated heterocycles. The van der Waals surface area contributed by atoms with Crippen LogP contribution in [0.25, 0.3) is 6.08 Å². The molecule has 2 aromatic rings. The van der Waals surface area contributed by atoms with Gasteiger partial charge in [-0.2, -0.15) is 4.39 Å². The van der Waals surface area contributed by atoms with Gasteiger partial charge < -0.3 is 4.74 Å². The van der Waals surface area contributed by atoms with Crippen LogP contribution in [0.3, 0.4) is 0 Å². The molecule has 0 saturated carbocycles. The number of ether oxygens (including phenoxy) is 1. The average molecular weight is 387 g/mol. The molecule has 0 radical (unpaired) electrons. The predicted molar refractivity (Wildman–Crippen MR) is 104 cm³/mol. The number of benzene rings is 2. The summed E-state index contributed by atoms with van der Waals surface area (Å²) < 4.78 is 47.0. The van der Waals surface area contributed by atoms with E-state index in [4.69, 9.17) is 4.74 Å². The summed E-state index contributed by atoms with van der Waals surface area (Å²) in [4.78, 5) is 0.0509. The van der Waals surface area contributed by atoms with Crippen LogP contribution in [0.2, 0.25) is 0 Å². The lowest BCUT2D eigenvalue weighted by Gasteiger charge is -2.26. The van der Waals surface area contributed by atoms with E-state index in [1.807, 2.05) is 6.92 Å². The van der Waals surface area contributed by atoms with Crippen LogP contribution in [0, 0.1) is 12.3 Å². The van der Waals surface area contributed by atoms with Crippen molar-refractivity contribution in [1.29, 1.82) is 0 Å². The highest BCUT2D eigenvalue weighted by molar-refractivity contribution is 7.89. The SMILES string of the molecule is COc1ccc(/C=C2/N(S(=O)(=O)c3ccc(C)cc3)C(F)=CC2(C)C)cc1. The van der Waals surface area contributed by atoms with Gasteiger partial charge in [0.2, 0.25) is 5.95 Å². The number of allylic oxidation sites excluding steroid dienone is 1. The fourth-order valence-corrected chi connectivity index (χ4v) is 4.49. The number of rotatable bonds is 4. The van der Waals surface area contributed by atoms with E-state index in [0.29, 0.717) is 11.4 Å². The van der Waals surface area contributed by atoms with E-state index >= 15 is 0 Å². The molecule has 0 aromatic heterocycles. The number of aryl methyl sites for hydroxylation is 1. The number of hydrogen-bond acceptors (Lipinski definition) is 3. The summed E-state index contributed by atoms with van der Waals surface area (Å²) >= 11 is 0. The van der Waals surface area contributed by atoms with Crippen LogP contribution in [0.4, 0.5) is 4.39 Å². The summed E-state index contributed by atoms with van der Waals surface area (Å²) in [5.41, 5.74) is 1.26. The van der Waals surface area contributed by atoms with Crippen LogP contribution in [-0.2, 0) is 10.0 Å². The first-order chi connectivity index (χ1) is 12.6. The molecule has 3 rings (SSSR count). The van der Waals surface area contributed by atoms with E-state index in [1.165, 1.54) is 18.2 Å². The standard InChI is InChI=1S/C21H22FNO3S/c1-15-5-11-18(12-6-15)27(24,25)23-19(21(2,3)14-20(23)22)13-16-7-9-17(26-4)10-8-16/h5-14H,1-4H3/b19-13+. The van der Waals surface area contributed by atoms with Crippen molar-refractivity contribution in [3.05, 3.63) is 77.4 Å². The third-order valence-electron chi connectivity index (χ3n) is 4.53. The molecule has 0 fully saturated rings. The van der Waals surface area contributed by atoms with Gasteiger partial charge in [0.15, 0.2) is 0 Å². The molecule has 0 amide bonds. The van der Waals surface area contributed by atoms with E-state index in [-0.39, 0.29) is 4.90 Å². The van der Waals surface area contributed by atoms with Gasteiger partial charge in [0.05, 0.1) is 12.0 Å². The summed E-state index contributed by atoms with van der Waals surface area (Å²) in [5, 5.41) is 0. The molecule has 27 heavy (non-hydrogen) atoms. The fourth-order valence-electron chi connectivity index (χ4n) is 2.97. The summed E-state index contributed by atoms with van der Waals surface area (Å²) in [5.74, 6) is -0.100. The van der Waals surface area contributed by atoms with Crippen LogP contribution < -0.4 is 4.74 Å². The molecular formula is C21H22FNO3S. The van der Waals surface area contributed by atoms with Crippen LogP contribution >= 0.6 is 0 Å². The molecule has 1 aliphatic rings. The third-order valence-corrected chi connectivity index (χ3v) is 6.25. The van der Waals surface area contributed by atoms with Crippen molar-refractivity contribution in [2.75, 3.05) is 7.11 Å². The maximum atomic E-state index is 14.8. The molecule has 0 bridgehead atoms. The average Bonchev–Trinajstić information content (AvgIpc) is 2.84. The lowest BCUT2D eigenvalue weighted by Crippen LogP contribution is -2.29. The number of hydrogen-bond donors (Lipinski definition) is 0. The summed E-state index contributed by atoms with van der Waals surface area (Å²) in [6.45, 7) is 5.43. The van der Waals surface area contributed by atoms with Crippen molar-refractivity contribution in [3.63, 3.8) is 0 Å². The quantitative estimate of drug-likeness (QED) is 0.702. The zero-order valence-corrected chi connectivity index (χ0v) is 16.5. The van der Waals surface area contributed by atoms with E-state index < -0.39 is 21.4 Å². The minimum absolute atomic E-state index is 0.0509. The zero-order chi connectivity index (χ0) is 19.8. The highest BCUT2D eigenvalue weighted by Gasteiger charge is 2.42. The topological polar surface area (TPSA) is 46.6 Å². The highest BCUT2D eigenvalue weighted by atomic mass is 32.2. The number of sulfonamides is 1. The molecule has 2 aromatic carbocycles. The minimum atomic E-state index is -4.06. The number of halogens is 1. The Morgan fingerprint density at radius 1 is 1.04 bits per heavy atom. The summed E-state index contributed by atoms with van der Waals surface area (Å²) in [7, 11) is -2.49. The maximum absolute atomic E-state index is 14.8. The first-order valence-corrected chi connectivity index (χ1v) is 9.96. The summed E-state index contributed by atoms with van der Waals surface area (Å²) in [6, 6.07) is 13.5. The van der Waals surface area contributed by atoms with Crippen LogP contribution in [0.15, 0.2) is 71.2 Å². The van der Waals surface area contributed by atoms with Gasteiger partial charge in [-0.1, -0.05) is 43.7 Å².